The van der Waals surface area contributed by atoms with Crippen LogP contribution in [0.5, 0.6) is 0 Å². The highest BCUT2D eigenvalue weighted by Crippen LogP contribution is 2.18. The Bertz CT molecular complexity index is 634. The lowest BCUT2D eigenvalue weighted by Gasteiger charge is -2.30. The van der Waals surface area contributed by atoms with Gasteiger partial charge in [0.05, 0.1) is 11.9 Å². The second-order valence-electron chi connectivity index (χ2n) is 6.02. The number of carbonyl (C=O) groups excluding carboxylic acids is 1. The maximum Gasteiger partial charge on any atom is 0.321 e. The van der Waals surface area contributed by atoms with E-state index in [1.807, 2.05) is 47.4 Å². The first-order chi connectivity index (χ1) is 11.2. The molecule has 120 valence electrons. The molecule has 2 heterocycles. The second-order valence-corrected chi connectivity index (χ2v) is 6.02. The summed E-state index contributed by atoms with van der Waals surface area (Å²) in [6.45, 7) is 3.89. The van der Waals surface area contributed by atoms with Crippen LogP contribution in [0.3, 0.4) is 0 Å². The molecule has 0 spiro atoms. The van der Waals surface area contributed by atoms with E-state index in [0.717, 1.165) is 37.4 Å². The summed E-state index contributed by atoms with van der Waals surface area (Å²) in [5.41, 5.74) is 1.70. The minimum absolute atomic E-state index is 0.0394. The number of anilines is 3. The molecule has 1 saturated heterocycles. The smallest absolute Gasteiger partial charge is 0.321 e. The molecule has 5 heteroatoms. The van der Waals surface area contributed by atoms with Gasteiger partial charge in [0.15, 0.2) is 0 Å². The van der Waals surface area contributed by atoms with Gasteiger partial charge >= 0.3 is 6.03 Å². The number of urea groups is 1. The van der Waals surface area contributed by atoms with E-state index in [2.05, 4.69) is 22.5 Å². The first-order valence-electron chi connectivity index (χ1n) is 8.05. The molecule has 2 N–H and O–H groups in total. The Morgan fingerprint density at radius 2 is 1.83 bits per heavy atom. The zero-order chi connectivity index (χ0) is 16.1. The molecule has 2 aromatic rings. The summed E-state index contributed by atoms with van der Waals surface area (Å²) in [5, 5.41) is 6.13. The molecule has 1 aromatic heterocycles. The molecule has 3 rings (SSSR count). The van der Waals surface area contributed by atoms with Crippen molar-refractivity contribution in [3.63, 3.8) is 0 Å². The zero-order valence-corrected chi connectivity index (χ0v) is 13.3. The third-order valence-electron chi connectivity index (χ3n) is 4.13. The van der Waals surface area contributed by atoms with E-state index in [0.29, 0.717) is 11.6 Å². The van der Waals surface area contributed by atoms with E-state index >= 15 is 0 Å². The van der Waals surface area contributed by atoms with Crippen LogP contribution in [0.4, 0.5) is 22.0 Å². The highest BCUT2D eigenvalue weighted by Gasteiger charge is 2.20. The average molecular weight is 310 g/mol. The fourth-order valence-electron chi connectivity index (χ4n) is 2.63. The third-order valence-corrected chi connectivity index (χ3v) is 4.13. The van der Waals surface area contributed by atoms with E-state index in [-0.39, 0.29) is 6.03 Å². The number of hydrogen-bond donors (Lipinski definition) is 2. The fourth-order valence-corrected chi connectivity index (χ4v) is 2.63. The normalized spacial score (nSPS) is 15.3. The molecule has 0 aliphatic carbocycles. The van der Waals surface area contributed by atoms with E-state index in [9.17, 15) is 4.79 Å². The quantitative estimate of drug-likeness (QED) is 0.897. The number of carbonyl (C=O) groups is 1. The zero-order valence-electron chi connectivity index (χ0n) is 13.3. The summed E-state index contributed by atoms with van der Waals surface area (Å²) < 4.78 is 0. The predicted octanol–water partition coefficient (Wildman–Crippen LogP) is 4.09. The van der Waals surface area contributed by atoms with Gasteiger partial charge in [0, 0.05) is 18.8 Å². The number of para-hydroxylation sites is 1. The number of benzene rings is 1. The van der Waals surface area contributed by atoms with Gasteiger partial charge < -0.3 is 15.5 Å². The van der Waals surface area contributed by atoms with Crippen LogP contribution in [-0.4, -0.2) is 29.0 Å². The molecule has 1 aliphatic rings. The van der Waals surface area contributed by atoms with Crippen molar-refractivity contribution >= 4 is 23.2 Å². The van der Waals surface area contributed by atoms with Gasteiger partial charge in [-0.3, -0.25) is 0 Å². The summed E-state index contributed by atoms with van der Waals surface area (Å²) in [7, 11) is 0. The van der Waals surface area contributed by atoms with Gasteiger partial charge in [-0.15, -0.1) is 0 Å². The lowest BCUT2D eigenvalue weighted by atomic mass is 10.00. The van der Waals surface area contributed by atoms with Crippen molar-refractivity contribution in [2.45, 2.75) is 19.8 Å². The van der Waals surface area contributed by atoms with Crippen LogP contribution < -0.4 is 10.6 Å². The first-order valence-corrected chi connectivity index (χ1v) is 8.05. The van der Waals surface area contributed by atoms with Crippen molar-refractivity contribution in [2.24, 2.45) is 5.92 Å². The largest absolute Gasteiger partial charge is 0.340 e. The van der Waals surface area contributed by atoms with Crippen molar-refractivity contribution in [1.29, 1.82) is 0 Å². The lowest BCUT2D eigenvalue weighted by Crippen LogP contribution is -2.40. The van der Waals surface area contributed by atoms with Gasteiger partial charge in [-0.2, -0.15) is 0 Å². The van der Waals surface area contributed by atoms with E-state index in [4.69, 9.17) is 0 Å². The Hall–Kier alpha value is -2.56. The van der Waals surface area contributed by atoms with Crippen molar-refractivity contribution < 1.29 is 4.79 Å². The van der Waals surface area contributed by atoms with E-state index in [1.54, 1.807) is 6.20 Å². The van der Waals surface area contributed by atoms with Crippen LogP contribution in [0.2, 0.25) is 0 Å². The lowest BCUT2D eigenvalue weighted by molar-refractivity contribution is 0.186. The van der Waals surface area contributed by atoms with Crippen LogP contribution in [-0.2, 0) is 0 Å². The van der Waals surface area contributed by atoms with Gasteiger partial charge in [0.1, 0.15) is 5.82 Å². The first kappa shape index (κ1) is 15.3. The number of aromatic nitrogens is 1. The molecule has 0 unspecified atom stereocenters. The van der Waals surface area contributed by atoms with Crippen molar-refractivity contribution in [1.82, 2.24) is 9.88 Å². The van der Waals surface area contributed by atoms with Crippen LogP contribution in [0.15, 0.2) is 48.7 Å². The second kappa shape index (κ2) is 7.13. The van der Waals surface area contributed by atoms with Crippen molar-refractivity contribution in [2.75, 3.05) is 23.7 Å². The number of likely N-dealkylation sites (tertiary alicyclic amines) is 1. The SMILES string of the molecule is CC1CCN(C(=O)Nc2ccc(Nc3ccccc3)nc2)CC1. The number of hydrogen-bond acceptors (Lipinski definition) is 3. The highest BCUT2D eigenvalue weighted by molar-refractivity contribution is 5.89. The van der Waals surface area contributed by atoms with Gasteiger partial charge in [-0.05, 0) is 43.0 Å². The summed E-state index contributed by atoms with van der Waals surface area (Å²) in [4.78, 5) is 18.4. The predicted molar refractivity (Wildman–Crippen MR) is 93.0 cm³/mol. The molecule has 1 aromatic carbocycles. The Morgan fingerprint density at radius 3 is 2.48 bits per heavy atom. The number of piperidine rings is 1. The summed E-state index contributed by atoms with van der Waals surface area (Å²) in [6.07, 6.45) is 3.83. The molecule has 0 atom stereocenters. The number of nitrogens with one attached hydrogen (secondary N) is 2. The Labute approximate surface area is 136 Å². The maximum atomic E-state index is 12.2. The Kier molecular flexibility index (Phi) is 4.76. The van der Waals surface area contributed by atoms with Crippen LogP contribution in [0.1, 0.15) is 19.8 Å². The standard InChI is InChI=1S/C18H22N4O/c1-14-9-11-22(12-10-14)18(23)21-16-7-8-17(19-13-16)20-15-5-3-2-4-6-15/h2-8,13-14H,9-12H2,1H3,(H,19,20)(H,21,23). The average Bonchev–Trinajstić information content (AvgIpc) is 2.58. The fraction of sp³-hybridized carbons (Fsp3) is 0.333. The van der Waals surface area contributed by atoms with Gasteiger partial charge in [-0.1, -0.05) is 25.1 Å². The summed E-state index contributed by atoms with van der Waals surface area (Å²) in [6, 6.07) is 13.6. The molecule has 23 heavy (non-hydrogen) atoms. The van der Waals surface area contributed by atoms with E-state index in [1.165, 1.54) is 0 Å². The topological polar surface area (TPSA) is 57.3 Å². The number of rotatable bonds is 3. The summed E-state index contributed by atoms with van der Waals surface area (Å²) in [5.74, 6) is 1.46. The van der Waals surface area contributed by atoms with Gasteiger partial charge in [0.25, 0.3) is 0 Å². The Morgan fingerprint density at radius 1 is 1.09 bits per heavy atom. The molecule has 0 saturated carbocycles. The monoisotopic (exact) mass is 310 g/mol. The molecule has 2 amide bonds. The Balaban J connectivity index is 1.56. The van der Waals surface area contributed by atoms with Crippen LogP contribution in [0.25, 0.3) is 0 Å². The van der Waals surface area contributed by atoms with Crippen LogP contribution >= 0.6 is 0 Å². The number of amides is 2. The van der Waals surface area contributed by atoms with Crippen LogP contribution in [0, 0.1) is 5.92 Å². The maximum absolute atomic E-state index is 12.2. The molecule has 0 radical (unpaired) electrons. The van der Waals surface area contributed by atoms with E-state index < -0.39 is 0 Å². The molecule has 5 nitrogen and oxygen atoms in total. The highest BCUT2D eigenvalue weighted by atomic mass is 16.2. The van der Waals surface area contributed by atoms with Gasteiger partial charge in [0.2, 0.25) is 0 Å². The number of nitrogens with zero attached hydrogens (tertiary/aromatic N) is 2. The number of pyridine rings is 1. The molecular weight excluding hydrogens is 288 g/mol. The summed E-state index contributed by atoms with van der Waals surface area (Å²) >= 11 is 0. The molecule has 1 fully saturated rings. The minimum Gasteiger partial charge on any atom is -0.340 e. The van der Waals surface area contributed by atoms with Gasteiger partial charge in [-0.25, -0.2) is 9.78 Å². The van der Waals surface area contributed by atoms with Crippen molar-refractivity contribution in [3.8, 4) is 0 Å². The minimum atomic E-state index is -0.0394. The molecule has 1 aliphatic heterocycles. The van der Waals surface area contributed by atoms with Crippen molar-refractivity contribution in [3.05, 3.63) is 48.7 Å². The molecule has 0 bridgehead atoms. The third kappa shape index (κ3) is 4.22. The molecular formula is C18H22N4O.